The summed E-state index contributed by atoms with van der Waals surface area (Å²) >= 11 is 3.28. The lowest BCUT2D eigenvalue weighted by molar-refractivity contribution is 0.356. The summed E-state index contributed by atoms with van der Waals surface area (Å²) < 4.78 is 12.6. The average Bonchev–Trinajstić information content (AvgIpc) is 3.12. The second kappa shape index (κ2) is 6.53. The molecule has 0 aliphatic rings. The molecule has 0 aliphatic carbocycles. The van der Waals surface area contributed by atoms with Gasteiger partial charge in [0.2, 0.25) is 4.96 Å². The number of benzene rings is 1. The second-order valence-electron chi connectivity index (χ2n) is 4.40. The maximum Gasteiger partial charge on any atom is 0.235 e. The predicted molar refractivity (Wildman–Crippen MR) is 89.0 cm³/mol. The van der Waals surface area contributed by atoms with Gasteiger partial charge in [-0.1, -0.05) is 24.3 Å². The van der Waals surface area contributed by atoms with Crippen molar-refractivity contribution in [1.82, 2.24) is 19.8 Å². The first kappa shape index (κ1) is 15.1. The Balaban J connectivity index is 2.05. The van der Waals surface area contributed by atoms with Gasteiger partial charge < -0.3 is 9.47 Å². The Hall–Kier alpha value is -1.80. The summed E-state index contributed by atoms with van der Waals surface area (Å²) in [7, 11) is 3.26. The summed E-state index contributed by atoms with van der Waals surface area (Å²) in [6, 6.07) is 5.76. The minimum atomic E-state index is 0.680. The Kier molecular flexibility index (Phi) is 4.49. The third kappa shape index (κ3) is 2.64. The SMILES string of the molecule is CCSCc1nnc2sc(-c3cccc(OC)c3OC)nn12. The molecule has 116 valence electrons. The summed E-state index contributed by atoms with van der Waals surface area (Å²) in [6.45, 7) is 2.12. The molecule has 0 saturated heterocycles. The van der Waals surface area contributed by atoms with Gasteiger partial charge in [0.1, 0.15) is 0 Å². The number of hydrogen-bond donors (Lipinski definition) is 0. The third-order valence-electron chi connectivity index (χ3n) is 3.12. The highest BCUT2D eigenvalue weighted by molar-refractivity contribution is 7.98. The van der Waals surface area contributed by atoms with E-state index >= 15 is 0 Å². The lowest BCUT2D eigenvalue weighted by Crippen LogP contribution is -1.96. The summed E-state index contributed by atoms with van der Waals surface area (Å²) in [6.07, 6.45) is 0. The van der Waals surface area contributed by atoms with Crippen LogP contribution in [0.3, 0.4) is 0 Å². The number of fused-ring (bicyclic) bond motifs is 1. The molecule has 1 aromatic carbocycles. The first-order valence-corrected chi connectivity index (χ1v) is 8.75. The molecule has 3 rings (SSSR count). The lowest BCUT2D eigenvalue weighted by atomic mass is 10.2. The van der Waals surface area contributed by atoms with Crippen molar-refractivity contribution in [2.24, 2.45) is 0 Å². The van der Waals surface area contributed by atoms with Gasteiger partial charge in [0, 0.05) is 0 Å². The van der Waals surface area contributed by atoms with Gasteiger partial charge in [0.25, 0.3) is 0 Å². The number of thioether (sulfide) groups is 1. The van der Waals surface area contributed by atoms with Crippen LogP contribution in [0, 0.1) is 0 Å². The molecule has 0 bridgehead atoms. The predicted octanol–water partition coefficient (Wildman–Crippen LogP) is 3.12. The van der Waals surface area contributed by atoms with Crippen LogP contribution in [0.4, 0.5) is 0 Å². The smallest absolute Gasteiger partial charge is 0.235 e. The second-order valence-corrected chi connectivity index (χ2v) is 6.63. The molecule has 0 aliphatic heterocycles. The monoisotopic (exact) mass is 336 g/mol. The van der Waals surface area contributed by atoms with E-state index in [0.29, 0.717) is 11.5 Å². The highest BCUT2D eigenvalue weighted by Gasteiger charge is 2.18. The van der Waals surface area contributed by atoms with Gasteiger partial charge >= 0.3 is 0 Å². The van der Waals surface area contributed by atoms with Crippen molar-refractivity contribution in [3.05, 3.63) is 24.0 Å². The summed E-state index contributed by atoms with van der Waals surface area (Å²) in [5.74, 6) is 4.07. The molecule has 0 N–H and O–H groups in total. The number of hydrogen-bond acceptors (Lipinski definition) is 7. The largest absolute Gasteiger partial charge is 0.493 e. The lowest BCUT2D eigenvalue weighted by Gasteiger charge is -2.10. The molecule has 2 aromatic heterocycles. The molecule has 8 heteroatoms. The van der Waals surface area contributed by atoms with Crippen molar-refractivity contribution in [2.75, 3.05) is 20.0 Å². The molecule has 2 heterocycles. The third-order valence-corrected chi connectivity index (χ3v) is 4.93. The number of rotatable bonds is 6. The first-order valence-electron chi connectivity index (χ1n) is 6.78. The zero-order valence-electron chi connectivity index (χ0n) is 12.6. The summed E-state index contributed by atoms with van der Waals surface area (Å²) in [5.41, 5.74) is 0.895. The fourth-order valence-electron chi connectivity index (χ4n) is 2.11. The van der Waals surface area contributed by atoms with Crippen LogP contribution >= 0.6 is 23.1 Å². The number of methoxy groups -OCH3 is 2. The Bertz CT molecular complexity index is 784. The molecular weight excluding hydrogens is 320 g/mol. The van der Waals surface area contributed by atoms with Crippen LogP contribution in [-0.2, 0) is 5.75 Å². The Labute approximate surface area is 136 Å². The van der Waals surface area contributed by atoms with Gasteiger partial charge in [-0.25, -0.2) is 0 Å². The quantitative estimate of drug-likeness (QED) is 0.689. The topological polar surface area (TPSA) is 61.5 Å². The van der Waals surface area contributed by atoms with Crippen LogP contribution in [0.1, 0.15) is 12.7 Å². The van der Waals surface area contributed by atoms with Crippen LogP contribution in [0.15, 0.2) is 18.2 Å². The molecule has 6 nitrogen and oxygen atoms in total. The van der Waals surface area contributed by atoms with E-state index in [9.17, 15) is 0 Å². The number of aromatic nitrogens is 4. The molecule has 0 radical (unpaired) electrons. The van der Waals surface area contributed by atoms with E-state index < -0.39 is 0 Å². The van der Waals surface area contributed by atoms with Gasteiger partial charge in [-0.3, -0.25) is 0 Å². The maximum atomic E-state index is 5.48. The first-order chi connectivity index (χ1) is 10.8. The molecule has 0 unspecified atom stereocenters. The van der Waals surface area contributed by atoms with Crippen molar-refractivity contribution in [3.63, 3.8) is 0 Å². The van der Waals surface area contributed by atoms with Crippen LogP contribution in [0.25, 0.3) is 15.5 Å². The molecule has 0 atom stereocenters. The zero-order valence-corrected chi connectivity index (χ0v) is 14.2. The molecule has 22 heavy (non-hydrogen) atoms. The van der Waals surface area contributed by atoms with Gasteiger partial charge in [-0.2, -0.15) is 21.4 Å². The summed E-state index contributed by atoms with van der Waals surface area (Å²) in [4.78, 5) is 0.784. The van der Waals surface area contributed by atoms with Crippen molar-refractivity contribution in [3.8, 4) is 22.1 Å². The molecular formula is C14H16N4O2S2. The summed E-state index contributed by atoms with van der Waals surface area (Å²) in [5, 5.41) is 13.9. The van der Waals surface area contributed by atoms with E-state index in [1.807, 2.05) is 22.7 Å². The van der Waals surface area contributed by atoms with Crippen LogP contribution in [-0.4, -0.2) is 39.8 Å². The molecule has 0 saturated carbocycles. The fourth-order valence-corrected chi connectivity index (χ4v) is 3.55. The number of nitrogens with zero attached hydrogens (tertiary/aromatic N) is 4. The van der Waals surface area contributed by atoms with Crippen LogP contribution < -0.4 is 9.47 Å². The molecule has 3 aromatic rings. The normalized spacial score (nSPS) is 11.0. The Morgan fingerprint density at radius 3 is 2.82 bits per heavy atom. The van der Waals surface area contributed by atoms with Crippen molar-refractivity contribution >= 4 is 28.1 Å². The molecule has 0 spiro atoms. The van der Waals surface area contributed by atoms with Crippen molar-refractivity contribution < 1.29 is 9.47 Å². The Morgan fingerprint density at radius 2 is 2.09 bits per heavy atom. The molecule has 0 fully saturated rings. The fraction of sp³-hybridized carbons (Fsp3) is 0.357. The van der Waals surface area contributed by atoms with Gasteiger partial charge in [-0.15, -0.1) is 10.2 Å². The van der Waals surface area contributed by atoms with E-state index in [2.05, 4.69) is 22.2 Å². The van der Waals surface area contributed by atoms with E-state index in [-0.39, 0.29) is 0 Å². The number of para-hydroxylation sites is 1. The Morgan fingerprint density at radius 1 is 1.23 bits per heavy atom. The minimum Gasteiger partial charge on any atom is -0.493 e. The number of ether oxygens (including phenoxy) is 2. The van der Waals surface area contributed by atoms with Crippen molar-refractivity contribution in [2.45, 2.75) is 12.7 Å². The van der Waals surface area contributed by atoms with Crippen LogP contribution in [0.2, 0.25) is 0 Å². The van der Waals surface area contributed by atoms with Gasteiger partial charge in [0.05, 0.1) is 25.5 Å². The van der Waals surface area contributed by atoms with E-state index in [4.69, 9.17) is 9.47 Å². The standard InChI is InChI=1S/C14H16N4O2S2/c1-4-21-8-11-15-16-14-18(11)17-13(22-14)9-6-5-7-10(19-2)12(9)20-3/h5-7H,4,8H2,1-3H3. The van der Waals surface area contributed by atoms with Gasteiger partial charge in [0.15, 0.2) is 22.3 Å². The molecule has 0 amide bonds. The van der Waals surface area contributed by atoms with E-state index in [1.165, 1.54) is 11.3 Å². The van der Waals surface area contributed by atoms with Crippen molar-refractivity contribution in [1.29, 1.82) is 0 Å². The van der Waals surface area contributed by atoms with E-state index in [0.717, 1.165) is 32.9 Å². The zero-order chi connectivity index (χ0) is 15.5. The van der Waals surface area contributed by atoms with E-state index in [1.54, 1.807) is 26.0 Å². The highest BCUT2D eigenvalue weighted by Crippen LogP contribution is 2.39. The van der Waals surface area contributed by atoms with Crippen LogP contribution in [0.5, 0.6) is 11.5 Å². The minimum absolute atomic E-state index is 0.680. The highest BCUT2D eigenvalue weighted by atomic mass is 32.2. The average molecular weight is 336 g/mol. The maximum absolute atomic E-state index is 5.48. The van der Waals surface area contributed by atoms with Gasteiger partial charge in [-0.05, 0) is 17.9 Å².